The normalized spacial score (nSPS) is 16.3. The highest BCUT2D eigenvalue weighted by molar-refractivity contribution is 6.12. The first kappa shape index (κ1) is 26.4. The molecule has 0 fully saturated rings. The summed E-state index contributed by atoms with van der Waals surface area (Å²) >= 11 is 0. The number of carboxylic acids is 2. The van der Waals surface area contributed by atoms with E-state index in [4.69, 9.17) is 24.8 Å². The Morgan fingerprint density at radius 2 is 1.78 bits per heavy atom. The van der Waals surface area contributed by atoms with Crippen LogP contribution in [-0.2, 0) is 14.4 Å². The lowest BCUT2D eigenvalue weighted by Gasteiger charge is -2.33. The summed E-state index contributed by atoms with van der Waals surface area (Å²) in [4.78, 5) is 33.9. The third kappa shape index (κ3) is 7.41. The Morgan fingerprint density at radius 3 is 2.42 bits per heavy atom. The highest BCUT2D eigenvalue weighted by Crippen LogP contribution is 2.34. The van der Waals surface area contributed by atoms with Crippen molar-refractivity contribution >= 4 is 29.2 Å². The first-order valence-corrected chi connectivity index (χ1v) is 11.4. The van der Waals surface area contributed by atoms with E-state index in [1.165, 1.54) is 5.01 Å². The maximum absolute atomic E-state index is 12.6. The van der Waals surface area contributed by atoms with Crippen molar-refractivity contribution < 1.29 is 34.1 Å². The second-order valence-corrected chi connectivity index (χ2v) is 8.41. The van der Waals surface area contributed by atoms with Gasteiger partial charge in [-0.15, -0.1) is 0 Å². The fourth-order valence-electron chi connectivity index (χ4n) is 3.64. The van der Waals surface area contributed by atoms with E-state index < -0.39 is 11.9 Å². The Hall–Kier alpha value is -4.18. The smallest absolute Gasteiger partial charge is 0.328 e. The SMILES string of the molecule is CN(C)CCCOc1ccc(N2N=C3c4ccccc4OCC3CC2=O)cc1.O=C(O)C=CC(=O)O. The molecule has 2 aliphatic rings. The number of amides is 1. The molecule has 4 rings (SSSR count). The van der Waals surface area contributed by atoms with Crippen LogP contribution in [0.15, 0.2) is 65.8 Å². The van der Waals surface area contributed by atoms with Gasteiger partial charge in [-0.3, -0.25) is 4.79 Å². The molecular weight excluding hydrogens is 466 g/mol. The fourth-order valence-corrected chi connectivity index (χ4v) is 3.64. The molecule has 2 aromatic rings. The van der Waals surface area contributed by atoms with Gasteiger partial charge in [0.15, 0.2) is 0 Å². The number of carboxylic acid groups (broad SMARTS) is 2. The van der Waals surface area contributed by atoms with Gasteiger partial charge in [-0.1, -0.05) is 12.1 Å². The van der Waals surface area contributed by atoms with Crippen LogP contribution in [0.4, 0.5) is 5.69 Å². The number of hydrazone groups is 1. The zero-order valence-corrected chi connectivity index (χ0v) is 20.2. The van der Waals surface area contributed by atoms with Crippen LogP contribution in [-0.4, -0.2) is 72.5 Å². The second kappa shape index (κ2) is 12.5. The summed E-state index contributed by atoms with van der Waals surface area (Å²) in [5, 5.41) is 21.8. The molecule has 0 radical (unpaired) electrons. The number of nitrogens with zero attached hydrogens (tertiary/aromatic N) is 3. The van der Waals surface area contributed by atoms with Crippen molar-refractivity contribution in [1.29, 1.82) is 0 Å². The van der Waals surface area contributed by atoms with Gasteiger partial charge in [0.05, 0.1) is 24.6 Å². The summed E-state index contributed by atoms with van der Waals surface area (Å²) in [6.07, 6.45) is 2.48. The van der Waals surface area contributed by atoms with Gasteiger partial charge in [0.1, 0.15) is 11.5 Å². The van der Waals surface area contributed by atoms with Crippen molar-refractivity contribution in [2.24, 2.45) is 11.0 Å². The van der Waals surface area contributed by atoms with E-state index in [2.05, 4.69) is 4.90 Å². The van der Waals surface area contributed by atoms with Gasteiger partial charge in [-0.25, -0.2) is 14.6 Å². The van der Waals surface area contributed by atoms with E-state index in [9.17, 15) is 14.4 Å². The molecule has 2 aliphatic heterocycles. The zero-order chi connectivity index (χ0) is 26.1. The number of ether oxygens (including phenoxy) is 2. The number of benzene rings is 2. The minimum absolute atomic E-state index is 0.0120. The van der Waals surface area contributed by atoms with Gasteiger partial charge in [0.2, 0.25) is 5.91 Å². The summed E-state index contributed by atoms with van der Waals surface area (Å²) in [7, 11) is 4.10. The summed E-state index contributed by atoms with van der Waals surface area (Å²) in [6, 6.07) is 15.4. The molecule has 0 saturated heterocycles. The van der Waals surface area contributed by atoms with E-state index in [-0.39, 0.29) is 11.8 Å². The predicted octanol–water partition coefficient (Wildman–Crippen LogP) is 2.88. The number of rotatable bonds is 8. The molecule has 0 bridgehead atoms. The van der Waals surface area contributed by atoms with Crippen molar-refractivity contribution in [3.63, 3.8) is 0 Å². The number of hydrogen-bond donors (Lipinski definition) is 2. The highest BCUT2D eigenvalue weighted by Gasteiger charge is 2.35. The summed E-state index contributed by atoms with van der Waals surface area (Å²) < 4.78 is 11.6. The van der Waals surface area contributed by atoms with Gasteiger partial charge in [-0.2, -0.15) is 5.10 Å². The number of aliphatic carboxylic acids is 2. The van der Waals surface area contributed by atoms with Crippen LogP contribution in [0.5, 0.6) is 11.5 Å². The molecular formula is C26H29N3O7. The largest absolute Gasteiger partial charge is 0.494 e. The molecule has 0 spiro atoms. The van der Waals surface area contributed by atoms with E-state index in [0.717, 1.165) is 41.4 Å². The lowest BCUT2D eigenvalue weighted by Crippen LogP contribution is -2.41. The molecule has 1 amide bonds. The number of para-hydroxylation sites is 1. The van der Waals surface area contributed by atoms with E-state index >= 15 is 0 Å². The number of carbonyl (C=O) groups is 3. The van der Waals surface area contributed by atoms with Crippen molar-refractivity contribution in [3.8, 4) is 11.5 Å². The van der Waals surface area contributed by atoms with Crippen LogP contribution in [0.25, 0.3) is 0 Å². The Bertz CT molecular complexity index is 1130. The Morgan fingerprint density at radius 1 is 1.11 bits per heavy atom. The van der Waals surface area contributed by atoms with Gasteiger partial charge < -0.3 is 24.6 Å². The summed E-state index contributed by atoms with van der Waals surface area (Å²) in [6.45, 7) is 2.15. The maximum atomic E-state index is 12.6. The first-order valence-electron chi connectivity index (χ1n) is 11.4. The third-order valence-electron chi connectivity index (χ3n) is 5.32. The Labute approximate surface area is 209 Å². The third-order valence-corrected chi connectivity index (χ3v) is 5.32. The maximum Gasteiger partial charge on any atom is 0.328 e. The van der Waals surface area contributed by atoms with Crippen molar-refractivity contribution in [2.75, 3.05) is 38.9 Å². The molecule has 0 saturated carbocycles. The lowest BCUT2D eigenvalue weighted by molar-refractivity contribution is -0.134. The number of anilines is 1. The van der Waals surface area contributed by atoms with Crippen LogP contribution >= 0.6 is 0 Å². The number of fused-ring (bicyclic) bond motifs is 3. The first-order chi connectivity index (χ1) is 17.2. The molecule has 2 heterocycles. The van der Waals surface area contributed by atoms with Crippen molar-refractivity contribution in [1.82, 2.24) is 4.90 Å². The fraction of sp³-hybridized carbons (Fsp3) is 0.308. The molecule has 36 heavy (non-hydrogen) atoms. The molecule has 2 N–H and O–H groups in total. The zero-order valence-electron chi connectivity index (χ0n) is 20.2. The quantitative estimate of drug-likeness (QED) is 0.423. The average molecular weight is 496 g/mol. The van der Waals surface area contributed by atoms with Gasteiger partial charge in [0, 0.05) is 36.6 Å². The van der Waals surface area contributed by atoms with Gasteiger partial charge in [-0.05, 0) is 56.9 Å². The monoisotopic (exact) mass is 495 g/mol. The van der Waals surface area contributed by atoms with Gasteiger partial charge >= 0.3 is 11.9 Å². The standard InChI is InChI=1S/C22H25N3O3.C4H4O4/c1-24(2)12-5-13-27-18-10-8-17(9-11-18)25-21(26)14-16-15-28-20-7-4-3-6-19(20)22(16)23-25;5-3(6)1-2-4(7)8/h3-4,6-11,16H,5,12-15H2,1-2H3;1-2H,(H,5,6)(H,7,8). The van der Waals surface area contributed by atoms with E-state index in [1.807, 2.05) is 62.6 Å². The minimum Gasteiger partial charge on any atom is -0.494 e. The summed E-state index contributed by atoms with van der Waals surface area (Å²) in [5.74, 6) is -0.892. The molecule has 1 atom stereocenters. The highest BCUT2D eigenvalue weighted by atomic mass is 16.5. The summed E-state index contributed by atoms with van der Waals surface area (Å²) in [5.41, 5.74) is 2.64. The van der Waals surface area contributed by atoms with Gasteiger partial charge in [0.25, 0.3) is 0 Å². The van der Waals surface area contributed by atoms with E-state index in [1.54, 1.807) is 0 Å². The topological polar surface area (TPSA) is 129 Å². The van der Waals surface area contributed by atoms with Crippen LogP contribution < -0.4 is 14.5 Å². The molecule has 1 unspecified atom stereocenters. The molecule has 190 valence electrons. The Kier molecular flexibility index (Phi) is 9.18. The minimum atomic E-state index is -1.26. The number of hydrogen-bond acceptors (Lipinski definition) is 7. The predicted molar refractivity (Wildman–Crippen MR) is 134 cm³/mol. The lowest BCUT2D eigenvalue weighted by atomic mass is 9.90. The molecule has 2 aromatic carbocycles. The van der Waals surface area contributed by atoms with Crippen LogP contribution in [0.2, 0.25) is 0 Å². The average Bonchev–Trinajstić information content (AvgIpc) is 2.85. The van der Waals surface area contributed by atoms with Crippen molar-refractivity contribution in [3.05, 3.63) is 66.2 Å². The molecule has 0 aliphatic carbocycles. The number of carbonyl (C=O) groups excluding carboxylic acids is 1. The second-order valence-electron chi connectivity index (χ2n) is 8.41. The molecule has 10 nitrogen and oxygen atoms in total. The molecule has 10 heteroatoms. The van der Waals surface area contributed by atoms with Crippen molar-refractivity contribution in [2.45, 2.75) is 12.8 Å². The van der Waals surface area contributed by atoms with Crippen LogP contribution in [0, 0.1) is 5.92 Å². The van der Waals surface area contributed by atoms with Crippen LogP contribution in [0.3, 0.4) is 0 Å². The van der Waals surface area contributed by atoms with E-state index in [0.29, 0.717) is 31.8 Å². The Balaban J connectivity index is 0.000000392. The van der Waals surface area contributed by atoms with Crippen LogP contribution in [0.1, 0.15) is 18.4 Å². The molecule has 0 aromatic heterocycles.